The Bertz CT molecular complexity index is 569. The van der Waals surface area contributed by atoms with Crippen LogP contribution in [0.5, 0.6) is 0 Å². The lowest BCUT2D eigenvalue weighted by molar-refractivity contribution is -0.147. The molecule has 0 bridgehead atoms. The number of aliphatic carboxylic acids is 1. The highest BCUT2D eigenvalue weighted by molar-refractivity contribution is 5.79. The van der Waals surface area contributed by atoms with Crippen LogP contribution in [0.2, 0.25) is 0 Å². The number of carboxylic acid groups (broad SMARTS) is 1. The Hall–Kier alpha value is -1.84. The maximum absolute atomic E-state index is 13.4. The Labute approximate surface area is 97.9 Å². The SMILES string of the molecule is CC(C)(Cc1cc2c(F)cccc2o1)C(=O)O. The zero-order chi connectivity index (χ0) is 12.6. The second-order valence-electron chi connectivity index (χ2n) is 4.73. The molecule has 4 heteroatoms. The van der Waals surface area contributed by atoms with Crippen LogP contribution in [0.1, 0.15) is 19.6 Å². The average molecular weight is 236 g/mol. The molecule has 90 valence electrons. The van der Waals surface area contributed by atoms with Gasteiger partial charge in [-0.15, -0.1) is 0 Å². The van der Waals surface area contributed by atoms with E-state index >= 15 is 0 Å². The summed E-state index contributed by atoms with van der Waals surface area (Å²) < 4.78 is 18.8. The number of rotatable bonds is 3. The van der Waals surface area contributed by atoms with Crippen molar-refractivity contribution in [3.63, 3.8) is 0 Å². The molecule has 3 nitrogen and oxygen atoms in total. The first kappa shape index (κ1) is 11.6. The average Bonchev–Trinajstić information content (AvgIpc) is 2.60. The Balaban J connectivity index is 2.38. The van der Waals surface area contributed by atoms with Crippen molar-refractivity contribution >= 4 is 16.9 Å². The number of furan rings is 1. The van der Waals surface area contributed by atoms with Crippen molar-refractivity contribution in [2.24, 2.45) is 5.41 Å². The zero-order valence-corrected chi connectivity index (χ0v) is 9.66. The highest BCUT2D eigenvalue weighted by atomic mass is 19.1. The first-order valence-corrected chi connectivity index (χ1v) is 5.30. The van der Waals surface area contributed by atoms with Crippen molar-refractivity contribution in [2.45, 2.75) is 20.3 Å². The Morgan fingerprint density at radius 3 is 2.76 bits per heavy atom. The molecule has 0 spiro atoms. The molecule has 1 aromatic carbocycles. The lowest BCUT2D eigenvalue weighted by Gasteiger charge is -2.16. The van der Waals surface area contributed by atoms with E-state index < -0.39 is 11.4 Å². The van der Waals surface area contributed by atoms with Gasteiger partial charge in [0, 0.05) is 6.42 Å². The largest absolute Gasteiger partial charge is 0.481 e. The molecule has 0 atom stereocenters. The highest BCUT2D eigenvalue weighted by Crippen LogP contribution is 2.28. The van der Waals surface area contributed by atoms with Gasteiger partial charge in [-0.3, -0.25) is 4.79 Å². The maximum Gasteiger partial charge on any atom is 0.309 e. The fourth-order valence-electron chi connectivity index (χ4n) is 1.68. The molecule has 0 aliphatic rings. The number of hydrogen-bond donors (Lipinski definition) is 1. The standard InChI is InChI=1S/C13H13FO3/c1-13(2,12(15)16)7-8-6-9-10(14)4-3-5-11(9)17-8/h3-6H,7H2,1-2H3,(H,15,16). The highest BCUT2D eigenvalue weighted by Gasteiger charge is 2.29. The molecule has 2 aromatic rings. The number of hydrogen-bond acceptors (Lipinski definition) is 2. The molecule has 0 radical (unpaired) electrons. The second-order valence-corrected chi connectivity index (χ2v) is 4.73. The molecular weight excluding hydrogens is 223 g/mol. The van der Waals surface area contributed by atoms with Crippen LogP contribution >= 0.6 is 0 Å². The molecule has 0 aliphatic carbocycles. The van der Waals surface area contributed by atoms with Gasteiger partial charge in [0.1, 0.15) is 17.2 Å². The predicted octanol–water partition coefficient (Wildman–Crippen LogP) is 3.23. The quantitative estimate of drug-likeness (QED) is 0.890. The topological polar surface area (TPSA) is 50.4 Å². The monoisotopic (exact) mass is 236 g/mol. The second kappa shape index (κ2) is 3.87. The third-order valence-corrected chi connectivity index (χ3v) is 2.75. The summed E-state index contributed by atoms with van der Waals surface area (Å²) >= 11 is 0. The molecule has 0 saturated carbocycles. The lowest BCUT2D eigenvalue weighted by Crippen LogP contribution is -2.25. The van der Waals surface area contributed by atoms with Gasteiger partial charge in [-0.1, -0.05) is 6.07 Å². The van der Waals surface area contributed by atoms with Crippen LogP contribution in [0.4, 0.5) is 4.39 Å². The normalized spacial score (nSPS) is 11.9. The Morgan fingerprint density at radius 1 is 1.47 bits per heavy atom. The minimum atomic E-state index is -0.926. The Morgan fingerprint density at radius 2 is 2.18 bits per heavy atom. The van der Waals surface area contributed by atoms with E-state index in [1.807, 2.05) is 0 Å². The van der Waals surface area contributed by atoms with Crippen molar-refractivity contribution in [2.75, 3.05) is 0 Å². The summed E-state index contributed by atoms with van der Waals surface area (Å²) in [6.45, 7) is 3.22. The van der Waals surface area contributed by atoms with Crippen LogP contribution in [0.25, 0.3) is 11.0 Å². The molecule has 1 aromatic heterocycles. The van der Waals surface area contributed by atoms with E-state index in [-0.39, 0.29) is 12.2 Å². The van der Waals surface area contributed by atoms with Crippen molar-refractivity contribution in [3.8, 4) is 0 Å². The van der Waals surface area contributed by atoms with Gasteiger partial charge in [0.2, 0.25) is 0 Å². The molecule has 1 heterocycles. The van der Waals surface area contributed by atoms with Crippen LogP contribution < -0.4 is 0 Å². The third-order valence-electron chi connectivity index (χ3n) is 2.75. The first-order chi connectivity index (χ1) is 7.90. The number of carbonyl (C=O) groups is 1. The van der Waals surface area contributed by atoms with E-state index in [0.717, 1.165) is 0 Å². The smallest absolute Gasteiger partial charge is 0.309 e. The van der Waals surface area contributed by atoms with Crippen molar-refractivity contribution in [3.05, 3.63) is 35.8 Å². The number of fused-ring (bicyclic) bond motifs is 1. The summed E-state index contributed by atoms with van der Waals surface area (Å²) in [4.78, 5) is 11.0. The minimum absolute atomic E-state index is 0.233. The predicted molar refractivity (Wildman–Crippen MR) is 61.3 cm³/mol. The summed E-state index contributed by atoms with van der Waals surface area (Å²) in [6.07, 6.45) is 0.233. The van der Waals surface area contributed by atoms with Crippen LogP contribution in [0, 0.1) is 11.2 Å². The van der Waals surface area contributed by atoms with Crippen molar-refractivity contribution in [1.82, 2.24) is 0 Å². The third kappa shape index (κ3) is 2.16. The zero-order valence-electron chi connectivity index (χ0n) is 9.66. The summed E-state index contributed by atoms with van der Waals surface area (Å²) in [7, 11) is 0. The van der Waals surface area contributed by atoms with Gasteiger partial charge in [0.25, 0.3) is 0 Å². The molecule has 1 N–H and O–H groups in total. The van der Waals surface area contributed by atoms with E-state index in [2.05, 4.69) is 0 Å². The fraction of sp³-hybridized carbons (Fsp3) is 0.308. The summed E-state index contributed by atoms with van der Waals surface area (Å²) in [5.74, 6) is -0.776. The summed E-state index contributed by atoms with van der Waals surface area (Å²) in [6, 6.07) is 6.14. The van der Waals surface area contributed by atoms with E-state index in [1.54, 1.807) is 32.0 Å². The van der Waals surface area contributed by atoms with E-state index in [4.69, 9.17) is 9.52 Å². The molecule has 17 heavy (non-hydrogen) atoms. The lowest BCUT2D eigenvalue weighted by atomic mass is 9.88. The van der Waals surface area contributed by atoms with E-state index in [1.165, 1.54) is 6.07 Å². The van der Waals surface area contributed by atoms with Gasteiger partial charge in [0.05, 0.1) is 10.8 Å². The maximum atomic E-state index is 13.4. The van der Waals surface area contributed by atoms with Gasteiger partial charge in [0.15, 0.2) is 0 Å². The van der Waals surface area contributed by atoms with Gasteiger partial charge in [-0.25, -0.2) is 4.39 Å². The van der Waals surface area contributed by atoms with Gasteiger partial charge in [-0.2, -0.15) is 0 Å². The van der Waals surface area contributed by atoms with Gasteiger partial charge < -0.3 is 9.52 Å². The molecule has 0 saturated heterocycles. The van der Waals surface area contributed by atoms with Crippen LogP contribution in [0.3, 0.4) is 0 Å². The van der Waals surface area contributed by atoms with Gasteiger partial charge >= 0.3 is 5.97 Å². The van der Waals surface area contributed by atoms with E-state index in [9.17, 15) is 9.18 Å². The molecule has 0 unspecified atom stereocenters. The molecule has 0 amide bonds. The van der Waals surface area contributed by atoms with E-state index in [0.29, 0.717) is 16.7 Å². The molecular formula is C13H13FO3. The fourth-order valence-corrected chi connectivity index (χ4v) is 1.68. The number of benzene rings is 1. The molecule has 0 fully saturated rings. The van der Waals surface area contributed by atoms with Gasteiger partial charge in [-0.05, 0) is 32.0 Å². The minimum Gasteiger partial charge on any atom is -0.481 e. The van der Waals surface area contributed by atoms with Crippen LogP contribution in [-0.4, -0.2) is 11.1 Å². The molecule has 0 aliphatic heterocycles. The summed E-state index contributed by atoms with van der Waals surface area (Å²) in [5, 5.41) is 9.41. The van der Waals surface area contributed by atoms with Crippen molar-refractivity contribution in [1.29, 1.82) is 0 Å². The van der Waals surface area contributed by atoms with Crippen LogP contribution in [0.15, 0.2) is 28.7 Å². The van der Waals surface area contributed by atoms with Crippen LogP contribution in [-0.2, 0) is 11.2 Å². The molecule has 2 rings (SSSR count). The number of carboxylic acids is 1. The Kier molecular flexibility index (Phi) is 2.65. The summed E-state index contributed by atoms with van der Waals surface area (Å²) in [5.41, 5.74) is -0.481. The van der Waals surface area contributed by atoms with Crippen molar-refractivity contribution < 1.29 is 18.7 Å². The number of halogens is 1. The first-order valence-electron chi connectivity index (χ1n) is 5.30.